The van der Waals surface area contributed by atoms with E-state index >= 15 is 0 Å². The van der Waals surface area contributed by atoms with Crippen LogP contribution in [0.3, 0.4) is 0 Å². The van der Waals surface area contributed by atoms with Crippen molar-refractivity contribution < 1.29 is 9.32 Å². The Balaban J connectivity index is 1.17. The monoisotopic (exact) mass is 389 g/mol. The number of fused-ring (bicyclic) bond motifs is 2. The van der Waals surface area contributed by atoms with Crippen LogP contribution < -0.4 is 5.32 Å². The van der Waals surface area contributed by atoms with Crippen molar-refractivity contribution in [1.82, 2.24) is 24.9 Å². The first-order chi connectivity index (χ1) is 14.2. The van der Waals surface area contributed by atoms with Crippen molar-refractivity contribution in [2.75, 3.05) is 13.1 Å². The number of carbonyl (C=O) groups is 1. The Bertz CT molecular complexity index is 1050. The van der Waals surface area contributed by atoms with E-state index in [2.05, 4.69) is 31.0 Å². The van der Waals surface area contributed by atoms with Crippen LogP contribution in [0.2, 0.25) is 0 Å². The quantitative estimate of drug-likeness (QED) is 0.726. The number of hydrogen-bond acceptors (Lipinski definition) is 5. The molecular weight excluding hydrogens is 366 g/mol. The molecule has 1 saturated heterocycles. The average molecular weight is 389 g/mol. The minimum Gasteiger partial charge on any atom is -0.364 e. The van der Waals surface area contributed by atoms with E-state index in [0.29, 0.717) is 5.92 Å². The smallest absolute Gasteiger partial charge is 0.251 e. The number of nitrogens with zero attached hydrogens (tertiary/aromatic N) is 4. The molecule has 1 N–H and O–H groups in total. The Morgan fingerprint density at radius 3 is 2.97 bits per heavy atom. The second-order valence-corrected chi connectivity index (χ2v) is 8.65. The van der Waals surface area contributed by atoms with Crippen LogP contribution >= 0.6 is 0 Å². The molecule has 0 bridgehead atoms. The molecule has 0 radical (unpaired) electrons. The lowest BCUT2D eigenvalue weighted by Crippen LogP contribution is -2.60. The fourth-order valence-corrected chi connectivity index (χ4v) is 4.98. The third-order valence-electron chi connectivity index (χ3n) is 6.49. The highest BCUT2D eigenvalue weighted by molar-refractivity contribution is 5.94. The van der Waals surface area contributed by atoms with Gasteiger partial charge < -0.3 is 14.4 Å². The predicted molar refractivity (Wildman–Crippen MR) is 105 cm³/mol. The predicted octanol–water partition coefficient (Wildman–Crippen LogP) is 2.83. The minimum atomic E-state index is -0.0590. The summed E-state index contributed by atoms with van der Waals surface area (Å²) in [6.45, 7) is 2.63. The summed E-state index contributed by atoms with van der Waals surface area (Å²) in [6.07, 6.45) is 8.83. The molecule has 29 heavy (non-hydrogen) atoms. The van der Waals surface area contributed by atoms with E-state index < -0.39 is 0 Å². The Kier molecular flexibility index (Phi) is 3.68. The Labute approximate surface area is 168 Å². The summed E-state index contributed by atoms with van der Waals surface area (Å²) in [5, 5.41) is 7.25. The largest absolute Gasteiger partial charge is 0.364 e. The van der Waals surface area contributed by atoms with Crippen molar-refractivity contribution in [1.29, 1.82) is 0 Å². The number of aromatic nitrogens is 3. The second-order valence-electron chi connectivity index (χ2n) is 8.65. The average Bonchev–Trinajstić information content (AvgIpc) is 3.10. The molecule has 2 aromatic heterocycles. The maximum absolute atomic E-state index is 12.9. The molecule has 6 rings (SSSR count). The molecule has 1 spiro atoms. The van der Waals surface area contributed by atoms with Crippen LogP contribution in [0.1, 0.15) is 58.7 Å². The summed E-state index contributed by atoms with van der Waals surface area (Å²) >= 11 is 0. The fourth-order valence-electron chi connectivity index (χ4n) is 4.98. The summed E-state index contributed by atoms with van der Waals surface area (Å²) in [5.74, 6) is 1.59. The van der Waals surface area contributed by atoms with Gasteiger partial charge >= 0.3 is 0 Å². The van der Waals surface area contributed by atoms with Crippen LogP contribution in [-0.4, -0.2) is 38.6 Å². The highest BCUT2D eigenvalue weighted by Crippen LogP contribution is 2.45. The van der Waals surface area contributed by atoms with E-state index in [1.54, 1.807) is 6.26 Å². The first kappa shape index (κ1) is 17.0. The Morgan fingerprint density at radius 1 is 1.28 bits per heavy atom. The van der Waals surface area contributed by atoms with Gasteiger partial charge in [-0.15, -0.1) is 0 Å². The van der Waals surface area contributed by atoms with Gasteiger partial charge in [0.25, 0.3) is 5.91 Å². The van der Waals surface area contributed by atoms with Gasteiger partial charge in [-0.05, 0) is 36.5 Å². The number of carbonyl (C=O) groups excluding carboxylic acids is 1. The first-order valence-electron chi connectivity index (χ1n) is 10.3. The maximum Gasteiger partial charge on any atom is 0.251 e. The third kappa shape index (κ3) is 2.88. The number of imidazole rings is 1. The summed E-state index contributed by atoms with van der Waals surface area (Å²) in [7, 11) is 0. The van der Waals surface area contributed by atoms with Crippen LogP contribution in [0.5, 0.6) is 0 Å². The van der Waals surface area contributed by atoms with Crippen LogP contribution in [0.4, 0.5) is 0 Å². The standard InChI is InChI=1S/C22H23N5O2/c28-21(17-3-1-2-16(10-17)15-4-5-15)24-19-11-22(27-8-7-23-20(19)27)13-26(14-22)12-18-6-9-29-25-18/h1-3,6-10,15,19H,4-5,11-14H2,(H,24,28). The first-order valence-corrected chi connectivity index (χ1v) is 10.3. The molecule has 2 aliphatic heterocycles. The maximum atomic E-state index is 12.9. The van der Waals surface area contributed by atoms with Gasteiger partial charge in [0, 0.05) is 50.1 Å². The molecule has 1 saturated carbocycles. The van der Waals surface area contributed by atoms with Gasteiger partial charge in [0.1, 0.15) is 12.1 Å². The lowest BCUT2D eigenvalue weighted by atomic mass is 9.86. The van der Waals surface area contributed by atoms with Crippen molar-refractivity contribution in [3.05, 3.63) is 71.6 Å². The van der Waals surface area contributed by atoms with Crippen LogP contribution in [0.25, 0.3) is 0 Å². The van der Waals surface area contributed by atoms with E-state index in [4.69, 9.17) is 4.52 Å². The van der Waals surface area contributed by atoms with Gasteiger partial charge in [-0.3, -0.25) is 9.69 Å². The molecule has 1 atom stereocenters. The van der Waals surface area contributed by atoms with Gasteiger partial charge in [0.05, 0.1) is 17.3 Å². The zero-order valence-corrected chi connectivity index (χ0v) is 16.1. The highest BCUT2D eigenvalue weighted by atomic mass is 16.5. The summed E-state index contributed by atoms with van der Waals surface area (Å²) in [5.41, 5.74) is 2.98. The lowest BCUT2D eigenvalue weighted by Gasteiger charge is -2.49. The minimum absolute atomic E-state index is 0.00335. The number of likely N-dealkylation sites (tertiary alicyclic amines) is 1. The van der Waals surface area contributed by atoms with Crippen LogP contribution in [0.15, 0.2) is 53.5 Å². The van der Waals surface area contributed by atoms with Gasteiger partial charge in [0.2, 0.25) is 0 Å². The third-order valence-corrected chi connectivity index (χ3v) is 6.49. The molecular formula is C22H23N5O2. The van der Waals surface area contributed by atoms with E-state index in [9.17, 15) is 4.79 Å². The number of benzene rings is 1. The molecule has 1 aliphatic carbocycles. The van der Waals surface area contributed by atoms with Crippen molar-refractivity contribution in [2.24, 2.45) is 0 Å². The molecule has 7 nitrogen and oxygen atoms in total. The number of hydrogen-bond donors (Lipinski definition) is 1. The lowest BCUT2D eigenvalue weighted by molar-refractivity contribution is 0.00608. The van der Waals surface area contributed by atoms with E-state index in [-0.39, 0.29) is 17.5 Å². The number of amides is 1. The number of nitrogens with one attached hydrogen (secondary N) is 1. The van der Waals surface area contributed by atoms with Gasteiger partial charge in [-0.2, -0.15) is 0 Å². The fraction of sp³-hybridized carbons (Fsp3) is 0.409. The normalized spacial score (nSPS) is 22.4. The SMILES string of the molecule is O=C(NC1CC2(CN(Cc3ccon3)C2)n2ccnc21)c1cccc(C2CC2)c1. The Morgan fingerprint density at radius 2 is 2.17 bits per heavy atom. The van der Waals surface area contributed by atoms with Gasteiger partial charge in [0.15, 0.2) is 0 Å². The summed E-state index contributed by atoms with van der Waals surface area (Å²) in [4.78, 5) is 19.9. The molecule has 1 amide bonds. The molecule has 2 fully saturated rings. The van der Waals surface area contributed by atoms with Crippen LogP contribution in [-0.2, 0) is 12.1 Å². The van der Waals surface area contributed by atoms with Crippen LogP contribution in [0, 0.1) is 0 Å². The highest BCUT2D eigenvalue weighted by Gasteiger charge is 2.52. The molecule has 3 aliphatic rings. The number of rotatable bonds is 5. The molecule has 148 valence electrons. The molecule has 1 aromatic carbocycles. The van der Waals surface area contributed by atoms with Crippen molar-refractivity contribution in [3.63, 3.8) is 0 Å². The van der Waals surface area contributed by atoms with Crippen molar-refractivity contribution >= 4 is 5.91 Å². The topological polar surface area (TPSA) is 76.2 Å². The summed E-state index contributed by atoms with van der Waals surface area (Å²) < 4.78 is 7.20. The van der Waals surface area contributed by atoms with Crippen molar-refractivity contribution in [2.45, 2.75) is 43.3 Å². The molecule has 1 unspecified atom stereocenters. The molecule has 3 aromatic rings. The molecule has 4 heterocycles. The zero-order chi connectivity index (χ0) is 19.4. The van der Waals surface area contributed by atoms with E-state index in [0.717, 1.165) is 43.1 Å². The molecule has 7 heteroatoms. The van der Waals surface area contributed by atoms with Gasteiger partial charge in [-0.25, -0.2) is 4.98 Å². The van der Waals surface area contributed by atoms with Gasteiger partial charge in [-0.1, -0.05) is 17.3 Å². The van der Waals surface area contributed by atoms with E-state index in [1.165, 1.54) is 18.4 Å². The Hall–Kier alpha value is -2.93. The van der Waals surface area contributed by atoms with E-state index in [1.807, 2.05) is 36.7 Å². The second kappa shape index (κ2) is 6.29. The van der Waals surface area contributed by atoms with Crippen molar-refractivity contribution in [3.8, 4) is 0 Å². The summed E-state index contributed by atoms with van der Waals surface area (Å²) in [6, 6.07) is 9.92. The zero-order valence-electron chi connectivity index (χ0n) is 16.1.